The molecule has 0 amide bonds. The highest BCUT2D eigenvalue weighted by Crippen LogP contribution is 2.34. The van der Waals surface area contributed by atoms with Crippen molar-refractivity contribution in [1.82, 2.24) is 9.79 Å². The zero-order valence-electron chi connectivity index (χ0n) is 15.2. The minimum absolute atomic E-state index is 0.0532. The summed E-state index contributed by atoms with van der Waals surface area (Å²) in [5.41, 5.74) is 2.07. The van der Waals surface area contributed by atoms with Crippen LogP contribution in [-0.2, 0) is 21.4 Å². The summed E-state index contributed by atoms with van der Waals surface area (Å²) in [6.07, 6.45) is 0. The van der Waals surface area contributed by atoms with Crippen molar-refractivity contribution in [3.8, 4) is 17.6 Å². The van der Waals surface area contributed by atoms with E-state index in [9.17, 15) is 8.42 Å². The molecular formula is C19H19N3O5S. The van der Waals surface area contributed by atoms with Gasteiger partial charge < -0.3 is 9.47 Å². The topological polar surface area (TPSA) is 101 Å². The highest BCUT2D eigenvalue weighted by molar-refractivity contribution is 7.90. The highest BCUT2D eigenvalue weighted by Gasteiger charge is 2.43. The van der Waals surface area contributed by atoms with E-state index >= 15 is 0 Å². The van der Waals surface area contributed by atoms with Gasteiger partial charge in [0.1, 0.15) is 5.25 Å². The number of hydrogen-bond acceptors (Lipinski definition) is 7. The molecule has 0 spiro atoms. The average molecular weight is 401 g/mol. The maximum atomic E-state index is 13.0. The van der Waals surface area contributed by atoms with E-state index in [1.807, 2.05) is 0 Å². The molecule has 2 aliphatic rings. The molecule has 2 unspecified atom stereocenters. The highest BCUT2D eigenvalue weighted by atomic mass is 32.2. The third kappa shape index (κ3) is 3.55. The van der Waals surface area contributed by atoms with Crippen molar-refractivity contribution in [3.05, 3.63) is 59.2 Å². The largest absolute Gasteiger partial charge is 0.454 e. The van der Waals surface area contributed by atoms with Gasteiger partial charge in [-0.25, -0.2) is 13.1 Å². The fraction of sp³-hybridized carbons (Fsp3) is 0.316. The van der Waals surface area contributed by atoms with Crippen molar-refractivity contribution in [2.24, 2.45) is 0 Å². The van der Waals surface area contributed by atoms with E-state index in [1.165, 1.54) is 0 Å². The fourth-order valence-electron chi connectivity index (χ4n) is 3.38. The summed E-state index contributed by atoms with van der Waals surface area (Å²) in [5.74, 6) is 1.26. The normalized spacial score (nSPS) is 21.6. The zero-order chi connectivity index (χ0) is 19.7. The molecule has 0 bridgehead atoms. The molecule has 28 heavy (non-hydrogen) atoms. The van der Waals surface area contributed by atoms with E-state index in [4.69, 9.17) is 19.6 Å². The van der Waals surface area contributed by atoms with E-state index in [0.29, 0.717) is 17.1 Å². The maximum absolute atomic E-state index is 13.0. The molecule has 146 valence electrons. The van der Waals surface area contributed by atoms with E-state index in [0.717, 1.165) is 11.1 Å². The molecule has 9 heteroatoms. The van der Waals surface area contributed by atoms with Crippen LogP contribution in [0.1, 0.15) is 22.7 Å². The molecule has 2 atom stereocenters. The first-order valence-corrected chi connectivity index (χ1v) is 10.3. The van der Waals surface area contributed by atoms with E-state index < -0.39 is 21.3 Å². The third-order valence-corrected chi connectivity index (χ3v) is 6.62. The summed E-state index contributed by atoms with van der Waals surface area (Å²) >= 11 is 0. The van der Waals surface area contributed by atoms with Gasteiger partial charge in [-0.15, -0.1) is 0 Å². The van der Waals surface area contributed by atoms with E-state index in [-0.39, 0.29) is 19.9 Å². The molecule has 2 aromatic carbocycles. The van der Waals surface area contributed by atoms with Gasteiger partial charge in [0.2, 0.25) is 16.8 Å². The molecule has 0 aromatic heterocycles. The Morgan fingerprint density at radius 2 is 1.93 bits per heavy atom. The second-order valence-electron chi connectivity index (χ2n) is 6.61. The van der Waals surface area contributed by atoms with Gasteiger partial charge in [0.15, 0.2) is 11.5 Å². The van der Waals surface area contributed by atoms with Crippen LogP contribution in [0.3, 0.4) is 0 Å². The van der Waals surface area contributed by atoms with Crippen LogP contribution in [0.25, 0.3) is 0 Å². The number of rotatable bonds is 5. The molecule has 4 rings (SSSR count). The number of hydroxylamine groups is 2. The molecular weight excluding hydrogens is 382 g/mol. The van der Waals surface area contributed by atoms with Crippen molar-refractivity contribution >= 4 is 10.0 Å². The molecule has 2 aliphatic heterocycles. The Kier molecular flexibility index (Phi) is 4.95. The van der Waals surface area contributed by atoms with Crippen molar-refractivity contribution in [2.75, 3.05) is 20.4 Å². The first kappa shape index (κ1) is 18.7. The smallest absolute Gasteiger partial charge is 0.231 e. The first-order chi connectivity index (χ1) is 13.5. The van der Waals surface area contributed by atoms with Crippen LogP contribution in [0.2, 0.25) is 0 Å². The van der Waals surface area contributed by atoms with Gasteiger partial charge in [-0.05, 0) is 35.4 Å². The van der Waals surface area contributed by atoms with Gasteiger partial charge in [0.05, 0.1) is 24.3 Å². The fourth-order valence-corrected chi connectivity index (χ4v) is 4.87. The number of fused-ring (bicyclic) bond motifs is 1. The Morgan fingerprint density at radius 3 is 2.68 bits per heavy atom. The molecule has 1 saturated heterocycles. The number of nitrogens with zero attached hydrogens (tertiary/aromatic N) is 2. The summed E-state index contributed by atoms with van der Waals surface area (Å²) in [6, 6.07) is 13.8. The van der Waals surface area contributed by atoms with Crippen LogP contribution >= 0.6 is 0 Å². The lowest BCUT2D eigenvalue weighted by Crippen LogP contribution is -2.39. The molecule has 1 N–H and O–H groups in total. The number of hydrogen-bond donors (Lipinski definition) is 1. The number of ether oxygens (including phenoxy) is 2. The molecule has 0 radical (unpaired) electrons. The predicted octanol–water partition coefficient (Wildman–Crippen LogP) is 1.69. The van der Waals surface area contributed by atoms with E-state index in [2.05, 4.69) is 10.8 Å². The molecule has 2 heterocycles. The lowest BCUT2D eigenvalue weighted by molar-refractivity contribution is -0.110. The van der Waals surface area contributed by atoms with Gasteiger partial charge >= 0.3 is 0 Å². The van der Waals surface area contributed by atoms with Crippen LogP contribution in [0.4, 0.5) is 0 Å². The molecule has 1 fully saturated rings. The summed E-state index contributed by atoms with van der Waals surface area (Å²) in [5, 5.41) is 9.73. The van der Waals surface area contributed by atoms with Crippen molar-refractivity contribution < 1.29 is 22.7 Å². The van der Waals surface area contributed by atoms with Gasteiger partial charge in [0.25, 0.3) is 0 Å². The Balaban J connectivity index is 1.51. The Bertz CT molecular complexity index is 1020. The number of nitriles is 1. The molecule has 0 saturated carbocycles. The van der Waals surface area contributed by atoms with Crippen LogP contribution in [0, 0.1) is 11.3 Å². The Hall–Kier alpha value is -2.64. The second-order valence-corrected chi connectivity index (χ2v) is 8.60. The SMILES string of the molecule is CN1OCC(S(=O)(=O)NCc2ccc3c(c2)OCO3)C1c1ccc(C#N)cc1. The summed E-state index contributed by atoms with van der Waals surface area (Å²) in [6.45, 7) is 0.361. The second kappa shape index (κ2) is 7.41. The van der Waals surface area contributed by atoms with E-state index in [1.54, 1.807) is 54.6 Å². The summed E-state index contributed by atoms with van der Waals surface area (Å²) < 4.78 is 39.2. The summed E-state index contributed by atoms with van der Waals surface area (Å²) in [4.78, 5) is 5.50. The summed E-state index contributed by atoms with van der Waals surface area (Å²) in [7, 11) is -1.97. The van der Waals surface area contributed by atoms with Crippen LogP contribution < -0.4 is 14.2 Å². The number of sulfonamides is 1. The zero-order valence-corrected chi connectivity index (χ0v) is 16.0. The average Bonchev–Trinajstić information content (AvgIpc) is 3.33. The van der Waals surface area contributed by atoms with Gasteiger partial charge in [-0.3, -0.25) is 4.84 Å². The molecule has 2 aromatic rings. The number of benzene rings is 2. The predicted molar refractivity (Wildman–Crippen MR) is 99.7 cm³/mol. The minimum atomic E-state index is -3.67. The van der Waals surface area contributed by atoms with Gasteiger partial charge in [0, 0.05) is 13.6 Å². The minimum Gasteiger partial charge on any atom is -0.454 e. The first-order valence-electron chi connectivity index (χ1n) is 8.71. The maximum Gasteiger partial charge on any atom is 0.231 e. The van der Waals surface area contributed by atoms with Crippen LogP contribution in [0.5, 0.6) is 11.5 Å². The van der Waals surface area contributed by atoms with Crippen molar-refractivity contribution in [3.63, 3.8) is 0 Å². The van der Waals surface area contributed by atoms with Crippen LogP contribution in [0.15, 0.2) is 42.5 Å². The lowest BCUT2D eigenvalue weighted by Gasteiger charge is -2.23. The van der Waals surface area contributed by atoms with Gasteiger partial charge in [-0.2, -0.15) is 10.3 Å². The Morgan fingerprint density at radius 1 is 1.18 bits per heavy atom. The van der Waals surface area contributed by atoms with Crippen molar-refractivity contribution in [2.45, 2.75) is 17.8 Å². The lowest BCUT2D eigenvalue weighted by atomic mass is 10.0. The van der Waals surface area contributed by atoms with Gasteiger partial charge in [-0.1, -0.05) is 18.2 Å². The number of nitrogens with one attached hydrogen (secondary N) is 1. The standard InChI is InChI=1S/C19H19N3O5S/c1-22-19(15-5-2-13(9-20)3-6-15)18(11-27-22)28(23,24)21-10-14-4-7-16-17(8-14)26-12-25-16/h2-8,18-19,21H,10-12H2,1H3. The van der Waals surface area contributed by atoms with Crippen molar-refractivity contribution in [1.29, 1.82) is 5.26 Å². The molecule has 8 nitrogen and oxygen atoms in total. The van der Waals surface area contributed by atoms with Crippen LogP contribution in [-0.4, -0.2) is 39.2 Å². The quantitative estimate of drug-likeness (QED) is 0.814. The molecule has 0 aliphatic carbocycles. The third-order valence-electron chi connectivity index (χ3n) is 4.88. The Labute approximate surface area is 163 Å². The monoisotopic (exact) mass is 401 g/mol.